The highest BCUT2D eigenvalue weighted by Gasteiger charge is 2.53. The van der Waals surface area contributed by atoms with Crippen molar-refractivity contribution < 1.29 is 10.2 Å². The predicted octanol–water partition coefficient (Wildman–Crippen LogP) is 9.19. The first-order valence-corrected chi connectivity index (χ1v) is 19.1. The smallest absolute Gasteiger partial charge is 0.0920 e. The molecular weight excluding hydrogens is 613 g/mol. The van der Waals surface area contributed by atoms with Crippen LogP contribution in [0.25, 0.3) is 0 Å². The Balaban J connectivity index is 0.000000157. The quantitative estimate of drug-likeness (QED) is 0.215. The average Bonchev–Trinajstić information content (AvgIpc) is 3.13. The summed E-state index contributed by atoms with van der Waals surface area (Å²) in [6.45, 7) is 17.2. The van der Waals surface area contributed by atoms with Gasteiger partial charge in [0.25, 0.3) is 0 Å². The summed E-state index contributed by atoms with van der Waals surface area (Å²) in [7, 11) is 0. The van der Waals surface area contributed by atoms with E-state index in [1.807, 2.05) is 13.8 Å². The normalized spacial score (nSPS) is 30.9. The Labute approximate surface area is 301 Å². The third-order valence-corrected chi connectivity index (χ3v) is 13.1. The van der Waals surface area contributed by atoms with Crippen LogP contribution in [0, 0.1) is 51.4 Å². The fourth-order valence-corrected chi connectivity index (χ4v) is 10.6. The van der Waals surface area contributed by atoms with Crippen molar-refractivity contribution >= 4 is 0 Å². The minimum absolute atomic E-state index is 0.235. The zero-order valence-electron chi connectivity index (χ0n) is 31.1. The molecule has 6 atom stereocenters. The Hall–Kier alpha value is -3.28. The third-order valence-electron chi connectivity index (χ3n) is 13.1. The van der Waals surface area contributed by atoms with E-state index < -0.39 is 11.2 Å². The Morgan fingerprint density at radius 3 is 1.12 bits per heavy atom. The van der Waals surface area contributed by atoms with Crippen LogP contribution in [0.1, 0.15) is 96.1 Å². The van der Waals surface area contributed by atoms with Crippen molar-refractivity contribution in [3.05, 3.63) is 142 Å². The van der Waals surface area contributed by atoms with Crippen molar-refractivity contribution in [1.29, 1.82) is 0 Å². The lowest BCUT2D eigenvalue weighted by Gasteiger charge is -2.56. The molecule has 2 N–H and O–H groups in total. The van der Waals surface area contributed by atoms with Crippen LogP contribution < -0.4 is 0 Å². The molecule has 0 radical (unpaired) electrons. The summed E-state index contributed by atoms with van der Waals surface area (Å²) in [5.74, 6) is 1.65. The van der Waals surface area contributed by atoms with E-state index in [-0.39, 0.29) is 11.8 Å². The van der Waals surface area contributed by atoms with Crippen molar-refractivity contribution in [1.82, 2.24) is 9.80 Å². The van der Waals surface area contributed by atoms with E-state index in [1.165, 1.54) is 59.1 Å². The molecule has 4 nitrogen and oxygen atoms in total. The van der Waals surface area contributed by atoms with Crippen LogP contribution in [0.15, 0.2) is 97.1 Å². The largest absolute Gasteiger partial charge is 0.385 e. The molecule has 0 aromatic heterocycles. The van der Waals surface area contributed by atoms with Crippen molar-refractivity contribution in [3.8, 4) is 0 Å². The molecule has 0 amide bonds. The molecule has 6 unspecified atom stereocenters. The fraction of sp³-hybridized carbons (Fsp3) is 0.478. The lowest BCUT2D eigenvalue weighted by Crippen LogP contribution is -2.56. The summed E-state index contributed by atoms with van der Waals surface area (Å²) in [5, 5.41) is 23.5. The lowest BCUT2D eigenvalue weighted by molar-refractivity contribution is -0.127. The summed E-state index contributed by atoms with van der Waals surface area (Å²) in [4.78, 5) is 5.20. The minimum Gasteiger partial charge on any atom is -0.385 e. The molecule has 6 aliphatic rings. The second kappa shape index (κ2) is 14.0. The molecular formula is C46H58N2O2. The first-order valence-electron chi connectivity index (χ1n) is 19.1. The molecule has 4 heteroatoms. The van der Waals surface area contributed by atoms with Crippen LogP contribution in [-0.4, -0.2) is 46.2 Å². The van der Waals surface area contributed by atoms with Gasteiger partial charge in [-0.3, -0.25) is 9.80 Å². The number of hydrogen-bond acceptors (Lipinski definition) is 4. The number of nitrogens with zero attached hydrogens (tertiary/aromatic N) is 2. The molecule has 4 aromatic rings. The highest BCUT2D eigenvalue weighted by molar-refractivity contribution is 5.36. The molecule has 4 bridgehead atoms. The summed E-state index contributed by atoms with van der Waals surface area (Å²) in [6.07, 6.45) is 4.81. The monoisotopic (exact) mass is 670 g/mol. The maximum absolute atomic E-state index is 11.8. The van der Waals surface area contributed by atoms with Gasteiger partial charge in [-0.25, -0.2) is 0 Å². The highest BCUT2D eigenvalue weighted by atomic mass is 16.3. The number of aryl methyl sites for hydroxylation is 4. The molecule has 6 aliphatic heterocycles. The van der Waals surface area contributed by atoms with Crippen LogP contribution in [0.5, 0.6) is 0 Å². The van der Waals surface area contributed by atoms with E-state index in [0.717, 1.165) is 37.3 Å². The summed E-state index contributed by atoms with van der Waals surface area (Å²) >= 11 is 0. The maximum Gasteiger partial charge on any atom is 0.0920 e. The first-order chi connectivity index (χ1) is 24.0. The summed E-state index contributed by atoms with van der Waals surface area (Å²) < 4.78 is 0. The van der Waals surface area contributed by atoms with Gasteiger partial charge in [0.2, 0.25) is 0 Å². The molecule has 264 valence electrons. The second-order valence-corrected chi connectivity index (χ2v) is 16.4. The third kappa shape index (κ3) is 6.50. The van der Waals surface area contributed by atoms with Crippen LogP contribution >= 0.6 is 0 Å². The topological polar surface area (TPSA) is 46.9 Å². The van der Waals surface area contributed by atoms with Gasteiger partial charge in [-0.2, -0.15) is 0 Å². The van der Waals surface area contributed by atoms with E-state index >= 15 is 0 Å². The number of hydrogen-bond donors (Lipinski definition) is 2. The van der Waals surface area contributed by atoms with Crippen molar-refractivity contribution in [2.75, 3.05) is 26.2 Å². The van der Waals surface area contributed by atoms with Gasteiger partial charge < -0.3 is 10.2 Å². The van der Waals surface area contributed by atoms with Gasteiger partial charge >= 0.3 is 0 Å². The Morgan fingerprint density at radius 1 is 0.480 bits per heavy atom. The predicted molar refractivity (Wildman–Crippen MR) is 205 cm³/mol. The fourth-order valence-electron chi connectivity index (χ4n) is 10.6. The van der Waals surface area contributed by atoms with Crippen LogP contribution in [0.4, 0.5) is 0 Å². The maximum atomic E-state index is 11.8. The number of aliphatic hydroxyl groups is 2. The van der Waals surface area contributed by atoms with Gasteiger partial charge in [-0.1, -0.05) is 108 Å². The number of fused-ring (bicyclic) bond motifs is 6. The molecule has 0 aliphatic carbocycles. The number of benzene rings is 4. The van der Waals surface area contributed by atoms with Gasteiger partial charge in [0.1, 0.15) is 0 Å². The molecule has 6 fully saturated rings. The molecule has 6 saturated heterocycles. The highest BCUT2D eigenvalue weighted by Crippen LogP contribution is 2.54. The summed E-state index contributed by atoms with van der Waals surface area (Å²) in [5.41, 5.74) is 8.22. The molecule has 6 heterocycles. The van der Waals surface area contributed by atoms with Gasteiger partial charge in [0.15, 0.2) is 0 Å². The number of piperidine rings is 6. The van der Waals surface area contributed by atoms with Crippen molar-refractivity contribution in [3.63, 3.8) is 0 Å². The SMILES string of the molecule is Cc1ccc(C2C(C(C)(O)c3ccccc3C)C3CCN2CC3)cc1.Cc1ccc(C2C(C(C)(O)c3ccccc3C)C3CCN2CC3)cc1. The lowest BCUT2D eigenvalue weighted by atomic mass is 9.62. The first kappa shape index (κ1) is 35.1. The Kier molecular flexibility index (Phi) is 9.86. The average molecular weight is 671 g/mol. The van der Waals surface area contributed by atoms with Gasteiger partial charge in [-0.15, -0.1) is 0 Å². The van der Waals surface area contributed by atoms with Crippen LogP contribution in [-0.2, 0) is 11.2 Å². The van der Waals surface area contributed by atoms with E-state index in [4.69, 9.17) is 0 Å². The molecule has 50 heavy (non-hydrogen) atoms. The van der Waals surface area contributed by atoms with Gasteiger partial charge in [0.05, 0.1) is 11.2 Å². The zero-order valence-corrected chi connectivity index (χ0v) is 31.1. The van der Waals surface area contributed by atoms with Crippen LogP contribution in [0.2, 0.25) is 0 Å². The van der Waals surface area contributed by atoms with Crippen molar-refractivity contribution in [2.45, 2.75) is 90.5 Å². The van der Waals surface area contributed by atoms with E-state index in [1.54, 1.807) is 0 Å². The van der Waals surface area contributed by atoms with E-state index in [9.17, 15) is 10.2 Å². The summed E-state index contributed by atoms with van der Waals surface area (Å²) in [6, 6.07) is 35.2. The van der Waals surface area contributed by atoms with Gasteiger partial charge in [-0.05, 0) is 139 Å². The standard InChI is InChI=1S/2C23H29NO/c2*1-16-8-10-19(11-9-16)22-21(18-12-14-24(22)15-13-18)23(3,25)20-7-5-4-6-17(20)2/h2*4-11,18,21-22,25H,12-15H2,1-3H3. The van der Waals surface area contributed by atoms with Crippen molar-refractivity contribution in [2.24, 2.45) is 23.7 Å². The van der Waals surface area contributed by atoms with Crippen LogP contribution in [0.3, 0.4) is 0 Å². The molecule has 10 rings (SSSR count). The Bertz CT molecular complexity index is 1610. The Morgan fingerprint density at radius 2 is 0.800 bits per heavy atom. The molecule has 0 saturated carbocycles. The minimum atomic E-state index is -0.815. The number of rotatable bonds is 6. The second-order valence-electron chi connectivity index (χ2n) is 16.4. The van der Waals surface area contributed by atoms with E-state index in [2.05, 4.69) is 135 Å². The molecule has 4 aromatic carbocycles. The molecule has 0 spiro atoms. The van der Waals surface area contributed by atoms with Gasteiger partial charge in [0, 0.05) is 23.9 Å². The zero-order chi connectivity index (χ0) is 35.2. The van der Waals surface area contributed by atoms with E-state index in [0.29, 0.717) is 23.9 Å².